The van der Waals surface area contributed by atoms with Crippen molar-refractivity contribution >= 4 is 38.6 Å². The highest BCUT2D eigenvalue weighted by Gasteiger charge is 2.32. The summed E-state index contributed by atoms with van der Waals surface area (Å²) >= 11 is 6.89. The minimum absolute atomic E-state index is 0.0844. The molecule has 1 aliphatic rings. The van der Waals surface area contributed by atoms with Gasteiger partial charge in [-0.2, -0.15) is 13.2 Å². The van der Waals surface area contributed by atoms with E-state index in [2.05, 4.69) is 4.99 Å². The van der Waals surface area contributed by atoms with E-state index in [1.807, 2.05) is 0 Å². The van der Waals surface area contributed by atoms with Crippen LogP contribution in [-0.2, 0) is 22.0 Å². The molecule has 0 saturated heterocycles. The van der Waals surface area contributed by atoms with Gasteiger partial charge in [0.2, 0.25) is 0 Å². The van der Waals surface area contributed by atoms with E-state index in [1.54, 1.807) is 6.07 Å². The number of hydrogen-bond donors (Lipinski definition) is 0. The van der Waals surface area contributed by atoms with Crippen LogP contribution in [0.3, 0.4) is 0 Å². The molecule has 3 rings (SSSR count). The van der Waals surface area contributed by atoms with Gasteiger partial charge in [0.25, 0.3) is 10.0 Å². The number of aliphatic imine (C=N–C) groups is 1. The summed E-state index contributed by atoms with van der Waals surface area (Å²) in [5, 5.41) is 0.686. The van der Waals surface area contributed by atoms with Crippen molar-refractivity contribution in [1.29, 1.82) is 0 Å². The van der Waals surface area contributed by atoms with Gasteiger partial charge in [-0.05, 0) is 35.9 Å². The molecule has 0 fully saturated rings. The lowest BCUT2D eigenvalue weighted by Crippen LogP contribution is -2.32. The minimum Gasteiger partial charge on any atom is -0.260 e. The van der Waals surface area contributed by atoms with Crippen molar-refractivity contribution in [2.45, 2.75) is 16.8 Å². The molecule has 0 unspecified atom stereocenters. The molecule has 27 heavy (non-hydrogen) atoms. The van der Waals surface area contributed by atoms with E-state index in [1.165, 1.54) is 34.6 Å². The second kappa shape index (κ2) is 7.73. The Bertz CT molecular complexity index is 961. The molecular weight excluding hydrogens is 421 g/mol. The highest BCUT2D eigenvalue weighted by molar-refractivity contribution is 8.14. The Labute approximate surface area is 164 Å². The Morgan fingerprint density at radius 2 is 1.85 bits per heavy atom. The summed E-state index contributed by atoms with van der Waals surface area (Å²) in [7, 11) is -3.80. The Morgan fingerprint density at radius 1 is 1.15 bits per heavy atom. The van der Waals surface area contributed by atoms with Gasteiger partial charge in [-0.15, -0.1) is 0 Å². The van der Waals surface area contributed by atoms with Crippen molar-refractivity contribution < 1.29 is 21.6 Å². The molecule has 0 bridgehead atoms. The van der Waals surface area contributed by atoms with Crippen LogP contribution in [0, 0.1) is 0 Å². The summed E-state index contributed by atoms with van der Waals surface area (Å²) in [5.41, 5.74) is -0.298. The van der Waals surface area contributed by atoms with Gasteiger partial charge < -0.3 is 0 Å². The van der Waals surface area contributed by atoms with Gasteiger partial charge in [0, 0.05) is 10.8 Å². The van der Waals surface area contributed by atoms with Crippen LogP contribution < -0.4 is 0 Å². The third-order valence-electron chi connectivity index (χ3n) is 3.79. The summed E-state index contributed by atoms with van der Waals surface area (Å²) < 4.78 is 65.2. The van der Waals surface area contributed by atoms with Crippen LogP contribution in [0.4, 0.5) is 13.2 Å². The average Bonchev–Trinajstić information content (AvgIpc) is 3.09. The van der Waals surface area contributed by atoms with Gasteiger partial charge in [-0.25, -0.2) is 12.7 Å². The van der Waals surface area contributed by atoms with Gasteiger partial charge in [0.15, 0.2) is 5.17 Å². The molecule has 0 spiro atoms. The lowest BCUT2D eigenvalue weighted by Gasteiger charge is -2.20. The van der Waals surface area contributed by atoms with Crippen LogP contribution in [0.2, 0.25) is 5.02 Å². The van der Waals surface area contributed by atoms with E-state index in [9.17, 15) is 21.6 Å². The summed E-state index contributed by atoms with van der Waals surface area (Å²) in [4.78, 5) is 4.28. The maximum absolute atomic E-state index is 12.8. The van der Waals surface area contributed by atoms with E-state index in [-0.39, 0.29) is 22.4 Å². The fraction of sp³-hybridized carbons (Fsp3) is 0.235. The van der Waals surface area contributed by atoms with E-state index in [4.69, 9.17) is 11.6 Å². The normalized spacial score (nSPS) is 15.1. The lowest BCUT2D eigenvalue weighted by atomic mass is 10.1. The third-order valence-corrected chi connectivity index (χ3v) is 7.04. The molecule has 4 nitrogen and oxygen atoms in total. The van der Waals surface area contributed by atoms with E-state index >= 15 is 0 Å². The summed E-state index contributed by atoms with van der Waals surface area (Å²) in [5.74, 6) is 0.176. The zero-order valence-corrected chi connectivity index (χ0v) is 16.2. The van der Waals surface area contributed by atoms with Crippen molar-refractivity contribution in [3.8, 4) is 0 Å². The molecule has 10 heteroatoms. The molecule has 0 aromatic heterocycles. The molecule has 1 aliphatic heterocycles. The van der Waals surface area contributed by atoms with Crippen LogP contribution in [0.5, 0.6) is 0 Å². The number of sulfonamides is 1. The highest BCUT2D eigenvalue weighted by Crippen LogP contribution is 2.31. The fourth-order valence-electron chi connectivity index (χ4n) is 2.47. The number of alkyl halides is 3. The SMILES string of the molecule is O=S(=O)(c1ccc(Cl)cc1)N1CCN=C1SCc1cccc(C(F)(F)F)c1. The fourth-order valence-corrected chi connectivity index (χ4v) is 5.26. The first-order valence-electron chi connectivity index (χ1n) is 7.79. The summed E-state index contributed by atoms with van der Waals surface area (Å²) in [6, 6.07) is 10.7. The molecule has 0 amide bonds. The molecule has 0 N–H and O–H groups in total. The van der Waals surface area contributed by atoms with E-state index < -0.39 is 21.8 Å². The van der Waals surface area contributed by atoms with Crippen LogP contribution in [0.15, 0.2) is 58.4 Å². The van der Waals surface area contributed by atoms with Crippen LogP contribution >= 0.6 is 23.4 Å². The van der Waals surface area contributed by atoms with Crippen molar-refractivity contribution in [3.63, 3.8) is 0 Å². The van der Waals surface area contributed by atoms with Crippen molar-refractivity contribution in [1.82, 2.24) is 4.31 Å². The maximum Gasteiger partial charge on any atom is 0.416 e. The molecule has 144 valence electrons. The van der Waals surface area contributed by atoms with Gasteiger partial charge in [-0.1, -0.05) is 41.6 Å². The van der Waals surface area contributed by atoms with Gasteiger partial charge in [-0.3, -0.25) is 4.99 Å². The van der Waals surface area contributed by atoms with Crippen molar-refractivity contribution in [2.75, 3.05) is 13.1 Å². The zero-order chi connectivity index (χ0) is 19.7. The molecule has 0 aliphatic carbocycles. The maximum atomic E-state index is 12.8. The second-order valence-electron chi connectivity index (χ2n) is 5.68. The number of rotatable bonds is 4. The molecule has 0 saturated carbocycles. The average molecular weight is 435 g/mol. The zero-order valence-electron chi connectivity index (χ0n) is 13.8. The number of amidine groups is 1. The highest BCUT2D eigenvalue weighted by atomic mass is 35.5. The van der Waals surface area contributed by atoms with Gasteiger partial charge in [0.1, 0.15) is 0 Å². The van der Waals surface area contributed by atoms with Crippen LogP contribution in [0.25, 0.3) is 0 Å². The van der Waals surface area contributed by atoms with Crippen LogP contribution in [0.1, 0.15) is 11.1 Å². The quantitative estimate of drug-likeness (QED) is 0.703. The molecule has 1 heterocycles. The molecule has 0 atom stereocenters. The predicted molar refractivity (Wildman–Crippen MR) is 100 cm³/mol. The monoisotopic (exact) mass is 434 g/mol. The van der Waals surface area contributed by atoms with Gasteiger partial charge >= 0.3 is 6.18 Å². The number of hydrogen-bond acceptors (Lipinski definition) is 4. The molecular formula is C17H14ClF3N2O2S2. The van der Waals surface area contributed by atoms with Crippen LogP contribution in [-0.4, -0.2) is 31.0 Å². The lowest BCUT2D eigenvalue weighted by molar-refractivity contribution is -0.137. The first kappa shape index (κ1) is 20.0. The smallest absolute Gasteiger partial charge is 0.260 e. The minimum atomic E-state index is -4.42. The second-order valence-corrected chi connectivity index (χ2v) is 8.92. The number of benzene rings is 2. The third kappa shape index (κ3) is 4.59. The van der Waals surface area contributed by atoms with Crippen molar-refractivity contribution in [2.24, 2.45) is 4.99 Å². The van der Waals surface area contributed by atoms with E-state index in [0.717, 1.165) is 23.9 Å². The summed E-state index contributed by atoms with van der Waals surface area (Å²) in [6.07, 6.45) is -4.42. The number of halogens is 4. The standard InChI is InChI=1S/C17H14ClF3N2O2S2/c18-14-4-6-15(7-5-14)27(24,25)23-9-8-22-16(23)26-11-12-2-1-3-13(10-12)17(19,20)21/h1-7,10H,8-9,11H2. The largest absolute Gasteiger partial charge is 0.416 e. The predicted octanol–water partition coefficient (Wildman–Crippen LogP) is 4.65. The Hall–Kier alpha value is -1.71. The number of thioether (sulfide) groups is 1. The Morgan fingerprint density at radius 3 is 2.52 bits per heavy atom. The molecule has 2 aromatic rings. The first-order valence-corrected chi connectivity index (χ1v) is 10.6. The first-order chi connectivity index (χ1) is 12.7. The molecule has 0 radical (unpaired) electrons. The topological polar surface area (TPSA) is 49.7 Å². The summed E-state index contributed by atoms with van der Waals surface area (Å²) in [6.45, 7) is 0.494. The van der Waals surface area contributed by atoms with Crippen molar-refractivity contribution in [3.05, 3.63) is 64.7 Å². The van der Waals surface area contributed by atoms with E-state index in [0.29, 0.717) is 17.1 Å². The number of nitrogens with zero attached hydrogens (tertiary/aromatic N) is 2. The van der Waals surface area contributed by atoms with Gasteiger partial charge in [0.05, 0.1) is 23.5 Å². The Balaban J connectivity index is 1.75. The molecule has 2 aromatic carbocycles. The Kier molecular flexibility index (Phi) is 5.73.